The Morgan fingerprint density at radius 2 is 1.32 bits per heavy atom. The van der Waals surface area contributed by atoms with E-state index in [2.05, 4.69) is 11.5 Å². The Hall–Kier alpha value is 0.0700. The number of nitrogens with zero attached hydrogens (tertiary/aromatic N) is 1. The standard InChI is InChI=1S/C13H30NO4P/c1-3-4-5-6-7-8-9-10-11-12-13-14(2)18-19(15,16)17/h3-13H2,1-2H3,(H2,15,16,17). The average molecular weight is 295 g/mol. The SMILES string of the molecule is CCCCCCCCCCCCN(C)OP(=O)(O)O. The van der Waals surface area contributed by atoms with Gasteiger partial charge in [0.05, 0.1) is 0 Å². The summed E-state index contributed by atoms with van der Waals surface area (Å²) in [7, 11) is -2.83. The molecule has 19 heavy (non-hydrogen) atoms. The van der Waals surface area contributed by atoms with Crippen molar-refractivity contribution in [1.29, 1.82) is 0 Å². The molecule has 0 rings (SSSR count). The minimum Gasteiger partial charge on any atom is -0.302 e. The maximum atomic E-state index is 10.6. The van der Waals surface area contributed by atoms with E-state index >= 15 is 0 Å². The summed E-state index contributed by atoms with van der Waals surface area (Å²) >= 11 is 0. The van der Waals surface area contributed by atoms with Gasteiger partial charge in [-0.2, -0.15) is 9.69 Å². The van der Waals surface area contributed by atoms with Crippen molar-refractivity contribution < 1.29 is 19.0 Å². The Bertz CT molecular complexity index is 245. The van der Waals surface area contributed by atoms with Gasteiger partial charge in [-0.05, 0) is 6.42 Å². The van der Waals surface area contributed by atoms with Gasteiger partial charge in [0.2, 0.25) is 0 Å². The van der Waals surface area contributed by atoms with E-state index in [0.717, 1.165) is 12.8 Å². The van der Waals surface area contributed by atoms with Gasteiger partial charge in [0.25, 0.3) is 0 Å². The zero-order chi connectivity index (χ0) is 14.6. The lowest BCUT2D eigenvalue weighted by atomic mass is 10.1. The molecule has 0 fully saturated rings. The quantitative estimate of drug-likeness (QED) is 0.307. The Morgan fingerprint density at radius 3 is 1.74 bits per heavy atom. The number of unbranched alkanes of at least 4 members (excludes halogenated alkanes) is 9. The van der Waals surface area contributed by atoms with E-state index in [4.69, 9.17) is 9.79 Å². The van der Waals surface area contributed by atoms with E-state index in [9.17, 15) is 4.57 Å². The maximum Gasteiger partial charge on any atom is 0.486 e. The smallest absolute Gasteiger partial charge is 0.302 e. The third kappa shape index (κ3) is 16.0. The predicted molar refractivity (Wildman–Crippen MR) is 77.6 cm³/mol. The lowest BCUT2D eigenvalue weighted by molar-refractivity contribution is -0.0582. The molecule has 0 spiro atoms. The van der Waals surface area contributed by atoms with Gasteiger partial charge in [0.1, 0.15) is 0 Å². The Balaban J connectivity index is 3.20. The Labute approximate surface area is 117 Å². The van der Waals surface area contributed by atoms with Crippen LogP contribution in [0.4, 0.5) is 0 Å². The average Bonchev–Trinajstić information content (AvgIpc) is 2.29. The van der Waals surface area contributed by atoms with Crippen molar-refractivity contribution in [1.82, 2.24) is 5.06 Å². The van der Waals surface area contributed by atoms with E-state index in [1.165, 1.54) is 56.4 Å². The van der Waals surface area contributed by atoms with Crippen LogP contribution in [-0.4, -0.2) is 28.4 Å². The van der Waals surface area contributed by atoms with Crippen LogP contribution in [0.25, 0.3) is 0 Å². The lowest BCUT2D eigenvalue weighted by Crippen LogP contribution is -2.18. The van der Waals surface area contributed by atoms with Gasteiger partial charge in [0.15, 0.2) is 0 Å². The fraction of sp³-hybridized carbons (Fsp3) is 1.00. The molecular formula is C13H30NO4P. The lowest BCUT2D eigenvalue weighted by Gasteiger charge is -2.16. The molecule has 0 atom stereocenters. The molecule has 0 saturated carbocycles. The van der Waals surface area contributed by atoms with Crippen molar-refractivity contribution in [2.75, 3.05) is 13.6 Å². The summed E-state index contributed by atoms with van der Waals surface area (Å²) in [5.41, 5.74) is 0. The normalized spacial score (nSPS) is 12.3. The second-order valence-corrected chi connectivity index (χ2v) is 6.25. The van der Waals surface area contributed by atoms with E-state index in [-0.39, 0.29) is 0 Å². The molecule has 0 aliphatic heterocycles. The number of hydroxylamine groups is 2. The maximum absolute atomic E-state index is 10.6. The molecule has 0 aromatic rings. The number of hydrogen-bond acceptors (Lipinski definition) is 3. The molecular weight excluding hydrogens is 265 g/mol. The topological polar surface area (TPSA) is 70.0 Å². The minimum atomic E-state index is -4.38. The molecule has 0 radical (unpaired) electrons. The van der Waals surface area contributed by atoms with Crippen LogP contribution >= 0.6 is 7.82 Å². The fourth-order valence-electron chi connectivity index (χ4n) is 2.04. The monoisotopic (exact) mass is 295 g/mol. The van der Waals surface area contributed by atoms with Crippen LogP contribution in [0.2, 0.25) is 0 Å². The van der Waals surface area contributed by atoms with E-state index < -0.39 is 7.82 Å². The van der Waals surface area contributed by atoms with Crippen molar-refractivity contribution >= 4 is 7.82 Å². The summed E-state index contributed by atoms with van der Waals surface area (Å²) < 4.78 is 15.0. The zero-order valence-corrected chi connectivity index (χ0v) is 13.3. The van der Waals surface area contributed by atoms with Crippen molar-refractivity contribution in [3.05, 3.63) is 0 Å². The summed E-state index contributed by atoms with van der Waals surface area (Å²) in [6, 6.07) is 0. The van der Waals surface area contributed by atoms with Gasteiger partial charge < -0.3 is 9.79 Å². The van der Waals surface area contributed by atoms with E-state index in [1.807, 2.05) is 0 Å². The van der Waals surface area contributed by atoms with Crippen molar-refractivity contribution in [3.8, 4) is 0 Å². The number of phosphoric acid groups is 1. The highest BCUT2D eigenvalue weighted by Crippen LogP contribution is 2.36. The van der Waals surface area contributed by atoms with Crippen LogP contribution in [0, 0.1) is 0 Å². The van der Waals surface area contributed by atoms with Crippen LogP contribution in [0.15, 0.2) is 0 Å². The molecule has 116 valence electrons. The minimum absolute atomic E-state index is 0.557. The summed E-state index contributed by atoms with van der Waals surface area (Å²) in [6.07, 6.45) is 12.5. The molecule has 0 aromatic heterocycles. The number of rotatable bonds is 13. The molecule has 0 saturated heterocycles. The first kappa shape index (κ1) is 19.1. The first-order valence-electron chi connectivity index (χ1n) is 7.42. The van der Waals surface area contributed by atoms with Gasteiger partial charge in [-0.25, -0.2) is 4.57 Å². The molecule has 0 aliphatic rings. The highest BCUT2D eigenvalue weighted by molar-refractivity contribution is 7.46. The summed E-state index contributed by atoms with van der Waals surface area (Å²) in [5.74, 6) is 0. The van der Waals surface area contributed by atoms with E-state index in [0.29, 0.717) is 6.54 Å². The predicted octanol–water partition coefficient (Wildman–Crippen LogP) is 3.86. The fourth-order valence-corrected chi connectivity index (χ4v) is 2.49. The molecule has 6 heteroatoms. The van der Waals surface area contributed by atoms with Gasteiger partial charge in [0, 0.05) is 13.6 Å². The van der Waals surface area contributed by atoms with Crippen molar-refractivity contribution in [3.63, 3.8) is 0 Å². The largest absolute Gasteiger partial charge is 0.486 e. The highest BCUT2D eigenvalue weighted by Gasteiger charge is 2.17. The van der Waals surface area contributed by atoms with Crippen LogP contribution in [0.3, 0.4) is 0 Å². The molecule has 0 bridgehead atoms. The van der Waals surface area contributed by atoms with Crippen LogP contribution < -0.4 is 0 Å². The van der Waals surface area contributed by atoms with Crippen LogP contribution in [0.5, 0.6) is 0 Å². The molecule has 0 aliphatic carbocycles. The molecule has 0 unspecified atom stereocenters. The molecule has 2 N–H and O–H groups in total. The summed E-state index contributed by atoms with van der Waals surface area (Å²) in [6.45, 7) is 2.79. The second kappa shape index (κ2) is 11.9. The zero-order valence-electron chi connectivity index (χ0n) is 12.4. The third-order valence-electron chi connectivity index (χ3n) is 3.07. The van der Waals surface area contributed by atoms with Gasteiger partial charge in [-0.15, -0.1) is 0 Å². The summed E-state index contributed by atoms with van der Waals surface area (Å²) in [4.78, 5) is 17.2. The van der Waals surface area contributed by atoms with Crippen molar-refractivity contribution in [2.45, 2.75) is 71.1 Å². The molecule has 0 aromatic carbocycles. The Kier molecular flexibility index (Phi) is 11.9. The Morgan fingerprint density at radius 1 is 0.895 bits per heavy atom. The molecule has 0 heterocycles. The number of hydrogen-bond donors (Lipinski definition) is 2. The van der Waals surface area contributed by atoms with E-state index in [1.54, 1.807) is 7.05 Å². The first-order valence-corrected chi connectivity index (χ1v) is 8.95. The second-order valence-electron chi connectivity index (χ2n) is 5.11. The van der Waals surface area contributed by atoms with Gasteiger partial charge in [-0.1, -0.05) is 64.7 Å². The molecule has 5 nitrogen and oxygen atoms in total. The summed E-state index contributed by atoms with van der Waals surface area (Å²) in [5, 5.41) is 1.23. The first-order chi connectivity index (χ1) is 8.95. The van der Waals surface area contributed by atoms with Gasteiger partial charge in [-0.3, -0.25) is 0 Å². The molecule has 0 amide bonds. The van der Waals surface area contributed by atoms with Gasteiger partial charge >= 0.3 is 7.82 Å². The van der Waals surface area contributed by atoms with Crippen LogP contribution in [0.1, 0.15) is 71.1 Å². The highest BCUT2D eigenvalue weighted by atomic mass is 31.2. The van der Waals surface area contributed by atoms with Crippen LogP contribution in [-0.2, 0) is 9.19 Å². The van der Waals surface area contributed by atoms with Crippen molar-refractivity contribution in [2.24, 2.45) is 0 Å². The third-order valence-corrected chi connectivity index (χ3v) is 3.56.